The molecule has 1 N–H and O–H groups in total. The minimum atomic E-state index is 0.301. The first-order chi connectivity index (χ1) is 9.52. The lowest BCUT2D eigenvalue weighted by Crippen LogP contribution is -2.17. The first-order valence-corrected chi connectivity index (χ1v) is 7.49. The van der Waals surface area contributed by atoms with Gasteiger partial charge in [0.1, 0.15) is 0 Å². The third-order valence-corrected chi connectivity index (χ3v) is 3.73. The van der Waals surface area contributed by atoms with Gasteiger partial charge in [-0.2, -0.15) is 5.10 Å². The summed E-state index contributed by atoms with van der Waals surface area (Å²) in [6, 6.07) is 8.49. The Morgan fingerprint density at radius 1 is 1.25 bits per heavy atom. The highest BCUT2D eigenvalue weighted by atomic mass is 35.5. The van der Waals surface area contributed by atoms with Crippen LogP contribution in [0.25, 0.3) is 5.69 Å². The number of nitrogens with one attached hydrogen (secondary N) is 1. The van der Waals surface area contributed by atoms with Gasteiger partial charge in [0.15, 0.2) is 0 Å². The zero-order valence-corrected chi connectivity index (χ0v) is 13.3. The van der Waals surface area contributed by atoms with Crippen LogP contribution in [-0.2, 0) is 0 Å². The van der Waals surface area contributed by atoms with Crippen LogP contribution in [0.1, 0.15) is 50.9 Å². The maximum absolute atomic E-state index is 6.41. The fraction of sp³-hybridized carbons (Fsp3) is 0.438. The first kappa shape index (κ1) is 15.1. The van der Waals surface area contributed by atoms with Crippen molar-refractivity contribution in [2.75, 3.05) is 6.54 Å². The van der Waals surface area contributed by atoms with E-state index in [-0.39, 0.29) is 0 Å². The topological polar surface area (TPSA) is 29.9 Å². The molecule has 0 saturated heterocycles. The van der Waals surface area contributed by atoms with Gasteiger partial charge in [0, 0.05) is 12.2 Å². The van der Waals surface area contributed by atoms with Gasteiger partial charge in [0.25, 0.3) is 0 Å². The normalized spacial score (nSPS) is 12.9. The molecule has 0 aliphatic rings. The predicted molar refractivity (Wildman–Crippen MR) is 84.8 cm³/mol. The molecule has 1 heterocycles. The number of rotatable bonds is 5. The first-order valence-electron chi connectivity index (χ1n) is 7.11. The van der Waals surface area contributed by atoms with Crippen molar-refractivity contribution in [3.8, 4) is 5.69 Å². The molecule has 0 amide bonds. The maximum atomic E-state index is 6.41. The van der Waals surface area contributed by atoms with Crippen LogP contribution in [0.5, 0.6) is 0 Å². The van der Waals surface area contributed by atoms with Gasteiger partial charge in [-0.05, 0) is 43.1 Å². The summed E-state index contributed by atoms with van der Waals surface area (Å²) in [5, 5.41) is 8.68. The molecule has 0 spiro atoms. The molecule has 108 valence electrons. The van der Waals surface area contributed by atoms with Gasteiger partial charge in [-0.25, -0.2) is 4.68 Å². The minimum absolute atomic E-state index is 0.301. The molecule has 1 atom stereocenters. The molecule has 0 radical (unpaired) electrons. The number of aromatic nitrogens is 2. The molecule has 0 bridgehead atoms. The van der Waals surface area contributed by atoms with Gasteiger partial charge in [0.05, 0.1) is 16.4 Å². The summed E-state index contributed by atoms with van der Waals surface area (Å²) in [6.07, 6.45) is 1.96. The minimum Gasteiger partial charge on any atom is -0.310 e. The largest absolute Gasteiger partial charge is 0.310 e. The molecule has 4 heteroatoms. The van der Waals surface area contributed by atoms with Crippen molar-refractivity contribution in [2.24, 2.45) is 0 Å². The van der Waals surface area contributed by atoms with Crippen molar-refractivity contribution >= 4 is 11.6 Å². The van der Waals surface area contributed by atoms with E-state index < -0.39 is 0 Å². The summed E-state index contributed by atoms with van der Waals surface area (Å²) in [4.78, 5) is 0. The standard InChI is InChI=1S/C16H22ClN3/c1-5-18-12(4)13-6-7-16(14(17)10-13)20-9-8-15(19-20)11(2)3/h6-12,18H,5H2,1-4H3. The van der Waals surface area contributed by atoms with E-state index >= 15 is 0 Å². The number of hydrogen-bond acceptors (Lipinski definition) is 2. The SMILES string of the molecule is CCNC(C)c1ccc(-n2ccc(C(C)C)n2)c(Cl)c1. The second kappa shape index (κ2) is 6.42. The number of hydrogen-bond donors (Lipinski definition) is 1. The Kier molecular flexibility index (Phi) is 4.84. The van der Waals surface area contributed by atoms with E-state index in [0.29, 0.717) is 12.0 Å². The summed E-state index contributed by atoms with van der Waals surface area (Å²) in [7, 11) is 0. The molecule has 0 aliphatic carbocycles. The van der Waals surface area contributed by atoms with Crippen LogP contribution in [0.2, 0.25) is 5.02 Å². The second-order valence-corrected chi connectivity index (χ2v) is 5.74. The molecule has 2 aromatic rings. The zero-order valence-electron chi connectivity index (χ0n) is 12.5. The average molecular weight is 292 g/mol. The van der Waals surface area contributed by atoms with Gasteiger partial charge >= 0.3 is 0 Å². The summed E-state index contributed by atoms with van der Waals surface area (Å²) < 4.78 is 1.85. The Balaban J connectivity index is 2.29. The third kappa shape index (κ3) is 3.22. The molecule has 0 saturated carbocycles. The lowest BCUT2D eigenvalue weighted by Gasteiger charge is -2.14. The quantitative estimate of drug-likeness (QED) is 0.889. The van der Waals surface area contributed by atoms with Crippen LogP contribution in [-0.4, -0.2) is 16.3 Å². The Morgan fingerprint density at radius 3 is 2.55 bits per heavy atom. The maximum Gasteiger partial charge on any atom is 0.0832 e. The van der Waals surface area contributed by atoms with Crippen molar-refractivity contribution in [1.82, 2.24) is 15.1 Å². The van der Waals surface area contributed by atoms with Crippen LogP contribution < -0.4 is 5.32 Å². The molecule has 20 heavy (non-hydrogen) atoms. The van der Waals surface area contributed by atoms with Gasteiger partial charge in [0.2, 0.25) is 0 Å². The Morgan fingerprint density at radius 2 is 2.00 bits per heavy atom. The van der Waals surface area contributed by atoms with Crippen LogP contribution in [0, 0.1) is 0 Å². The highest BCUT2D eigenvalue weighted by molar-refractivity contribution is 6.32. The predicted octanol–water partition coefficient (Wildman–Crippen LogP) is 4.32. The Hall–Kier alpha value is -1.32. The van der Waals surface area contributed by atoms with Crippen molar-refractivity contribution < 1.29 is 0 Å². The third-order valence-electron chi connectivity index (χ3n) is 3.43. The molecule has 1 aromatic heterocycles. The second-order valence-electron chi connectivity index (χ2n) is 5.33. The van der Waals surface area contributed by atoms with Gasteiger partial charge in [-0.15, -0.1) is 0 Å². The summed E-state index contributed by atoms with van der Waals surface area (Å²) >= 11 is 6.41. The van der Waals surface area contributed by atoms with Crippen molar-refractivity contribution in [1.29, 1.82) is 0 Å². The molecule has 1 unspecified atom stereocenters. The number of benzene rings is 1. The molecular formula is C16H22ClN3. The fourth-order valence-corrected chi connectivity index (χ4v) is 2.46. The summed E-state index contributed by atoms with van der Waals surface area (Å²) in [6.45, 7) is 9.45. The van der Waals surface area contributed by atoms with Crippen LogP contribution in [0.4, 0.5) is 0 Å². The molecule has 2 rings (SSSR count). The zero-order chi connectivity index (χ0) is 14.7. The van der Waals surface area contributed by atoms with E-state index in [9.17, 15) is 0 Å². The lowest BCUT2D eigenvalue weighted by molar-refractivity contribution is 0.598. The van der Waals surface area contributed by atoms with Crippen LogP contribution in [0.15, 0.2) is 30.5 Å². The van der Waals surface area contributed by atoms with Crippen molar-refractivity contribution in [3.05, 3.63) is 46.7 Å². The number of halogens is 1. The molecule has 1 aromatic carbocycles. The van der Waals surface area contributed by atoms with E-state index in [0.717, 1.165) is 22.9 Å². The molecule has 0 aliphatic heterocycles. The highest BCUT2D eigenvalue weighted by Gasteiger charge is 2.10. The summed E-state index contributed by atoms with van der Waals surface area (Å²) in [5.74, 6) is 0.420. The van der Waals surface area contributed by atoms with E-state index in [1.165, 1.54) is 5.56 Å². The highest BCUT2D eigenvalue weighted by Crippen LogP contribution is 2.25. The van der Waals surface area contributed by atoms with Crippen molar-refractivity contribution in [3.63, 3.8) is 0 Å². The van der Waals surface area contributed by atoms with Crippen LogP contribution >= 0.6 is 11.6 Å². The van der Waals surface area contributed by atoms with Crippen molar-refractivity contribution in [2.45, 2.75) is 39.7 Å². The Labute approximate surface area is 126 Å². The van der Waals surface area contributed by atoms with E-state index in [1.54, 1.807) is 0 Å². The number of nitrogens with zero attached hydrogens (tertiary/aromatic N) is 2. The average Bonchev–Trinajstić information content (AvgIpc) is 2.88. The lowest BCUT2D eigenvalue weighted by atomic mass is 10.1. The van der Waals surface area contributed by atoms with E-state index in [4.69, 9.17) is 11.6 Å². The Bertz CT molecular complexity index is 575. The van der Waals surface area contributed by atoms with E-state index in [1.807, 2.05) is 29.1 Å². The summed E-state index contributed by atoms with van der Waals surface area (Å²) in [5.41, 5.74) is 3.19. The van der Waals surface area contributed by atoms with Crippen LogP contribution in [0.3, 0.4) is 0 Å². The molecular weight excluding hydrogens is 270 g/mol. The fourth-order valence-electron chi connectivity index (χ4n) is 2.18. The molecule has 3 nitrogen and oxygen atoms in total. The molecule has 0 fully saturated rings. The van der Waals surface area contributed by atoms with E-state index in [2.05, 4.69) is 44.2 Å². The van der Waals surface area contributed by atoms with Gasteiger partial charge in [-0.3, -0.25) is 0 Å². The van der Waals surface area contributed by atoms with Gasteiger partial charge < -0.3 is 5.32 Å². The monoisotopic (exact) mass is 291 g/mol. The smallest absolute Gasteiger partial charge is 0.0832 e. The van der Waals surface area contributed by atoms with Gasteiger partial charge in [-0.1, -0.05) is 38.4 Å².